The first-order valence-electron chi connectivity index (χ1n) is 4.27. The Morgan fingerprint density at radius 2 is 2.31 bits per heavy atom. The van der Waals surface area contributed by atoms with Crippen LogP contribution in [0.4, 0.5) is 0 Å². The van der Waals surface area contributed by atoms with Crippen molar-refractivity contribution in [1.29, 1.82) is 0 Å². The average molecular weight is 240 g/mol. The first-order chi connectivity index (χ1) is 6.15. The van der Waals surface area contributed by atoms with Gasteiger partial charge in [0.15, 0.2) is 0 Å². The van der Waals surface area contributed by atoms with Gasteiger partial charge in [-0.05, 0) is 30.5 Å². The van der Waals surface area contributed by atoms with Gasteiger partial charge in [0.05, 0.1) is 0 Å². The second kappa shape index (κ2) is 4.58. The van der Waals surface area contributed by atoms with Crippen LogP contribution in [0.25, 0.3) is 0 Å². The molecule has 0 aliphatic heterocycles. The lowest BCUT2D eigenvalue weighted by Gasteiger charge is -2.11. The normalized spacial score (nSPS) is 12.5. The molecule has 0 spiro atoms. The van der Waals surface area contributed by atoms with E-state index in [4.69, 9.17) is 5.73 Å². The summed E-state index contributed by atoms with van der Waals surface area (Å²) in [7, 11) is 0. The predicted molar refractivity (Wildman–Crippen MR) is 60.6 cm³/mol. The van der Waals surface area contributed by atoms with Gasteiger partial charge in [0, 0.05) is 10.5 Å². The number of halogens is 1. The van der Waals surface area contributed by atoms with Gasteiger partial charge >= 0.3 is 0 Å². The lowest BCUT2D eigenvalue weighted by molar-refractivity contribution is 0.737. The van der Waals surface area contributed by atoms with Gasteiger partial charge in [0.1, 0.15) is 0 Å². The minimum absolute atomic E-state index is 0.0486. The van der Waals surface area contributed by atoms with Crippen LogP contribution in [-0.2, 0) is 0 Å². The molecule has 0 radical (unpaired) electrons. The lowest BCUT2D eigenvalue weighted by Crippen LogP contribution is -2.09. The summed E-state index contributed by atoms with van der Waals surface area (Å²) in [5.74, 6) is 0. The Morgan fingerprint density at radius 3 is 2.85 bits per heavy atom. The van der Waals surface area contributed by atoms with Gasteiger partial charge in [-0.3, -0.25) is 0 Å². The first-order valence-corrected chi connectivity index (χ1v) is 5.07. The van der Waals surface area contributed by atoms with Crippen molar-refractivity contribution in [3.8, 4) is 0 Å². The van der Waals surface area contributed by atoms with Crippen LogP contribution in [0, 0.1) is 6.92 Å². The van der Waals surface area contributed by atoms with E-state index in [2.05, 4.69) is 47.6 Å². The summed E-state index contributed by atoms with van der Waals surface area (Å²) in [5, 5.41) is 0. The van der Waals surface area contributed by atoms with E-state index in [-0.39, 0.29) is 6.04 Å². The molecule has 70 valence electrons. The Labute approximate surface area is 87.8 Å². The molecule has 1 aromatic carbocycles. The van der Waals surface area contributed by atoms with Crippen LogP contribution in [-0.4, -0.2) is 0 Å². The molecule has 1 aromatic rings. The fourth-order valence-corrected chi connectivity index (χ4v) is 2.03. The Balaban J connectivity index is 2.94. The van der Waals surface area contributed by atoms with E-state index in [1.165, 1.54) is 5.56 Å². The van der Waals surface area contributed by atoms with Crippen molar-refractivity contribution in [2.45, 2.75) is 19.4 Å². The SMILES string of the molecule is C=CCC(N)c1ccc(C)cc1Br. The van der Waals surface area contributed by atoms with Gasteiger partial charge in [-0.25, -0.2) is 0 Å². The summed E-state index contributed by atoms with van der Waals surface area (Å²) in [5.41, 5.74) is 8.34. The number of benzene rings is 1. The summed E-state index contributed by atoms with van der Waals surface area (Å²) in [6, 6.07) is 6.27. The molecular formula is C11H14BrN. The topological polar surface area (TPSA) is 26.0 Å². The van der Waals surface area contributed by atoms with Crippen LogP contribution < -0.4 is 5.73 Å². The summed E-state index contributed by atoms with van der Waals surface area (Å²) in [6.07, 6.45) is 2.65. The summed E-state index contributed by atoms with van der Waals surface area (Å²) in [6.45, 7) is 5.74. The average Bonchev–Trinajstić information content (AvgIpc) is 2.04. The first kappa shape index (κ1) is 10.5. The van der Waals surface area contributed by atoms with Gasteiger partial charge < -0.3 is 5.73 Å². The van der Waals surface area contributed by atoms with Crippen LogP contribution in [0.15, 0.2) is 35.3 Å². The van der Waals surface area contributed by atoms with Crippen LogP contribution in [0.2, 0.25) is 0 Å². The third kappa shape index (κ3) is 2.68. The number of hydrogen-bond donors (Lipinski definition) is 1. The Morgan fingerprint density at radius 1 is 1.62 bits per heavy atom. The zero-order valence-electron chi connectivity index (χ0n) is 7.76. The maximum atomic E-state index is 5.96. The molecule has 1 nitrogen and oxygen atoms in total. The van der Waals surface area contributed by atoms with Crippen molar-refractivity contribution >= 4 is 15.9 Å². The fraction of sp³-hybridized carbons (Fsp3) is 0.273. The highest BCUT2D eigenvalue weighted by Gasteiger charge is 2.07. The molecule has 1 atom stereocenters. The molecule has 0 saturated carbocycles. The Kier molecular flexibility index (Phi) is 3.70. The van der Waals surface area contributed by atoms with Crippen LogP contribution in [0.1, 0.15) is 23.6 Å². The third-order valence-electron chi connectivity index (χ3n) is 1.98. The zero-order chi connectivity index (χ0) is 9.84. The highest BCUT2D eigenvalue weighted by atomic mass is 79.9. The van der Waals surface area contributed by atoms with Gasteiger partial charge in [-0.2, -0.15) is 0 Å². The van der Waals surface area contributed by atoms with Gasteiger partial charge in [0.2, 0.25) is 0 Å². The molecule has 0 fully saturated rings. The Hall–Kier alpha value is -0.600. The van der Waals surface area contributed by atoms with E-state index in [1.807, 2.05) is 6.08 Å². The molecule has 2 heteroatoms. The molecule has 2 N–H and O–H groups in total. The summed E-state index contributed by atoms with van der Waals surface area (Å²) < 4.78 is 1.09. The van der Waals surface area contributed by atoms with E-state index in [1.54, 1.807) is 0 Å². The molecule has 1 rings (SSSR count). The Bertz CT molecular complexity index is 307. The van der Waals surface area contributed by atoms with E-state index in [0.717, 1.165) is 16.5 Å². The number of rotatable bonds is 3. The van der Waals surface area contributed by atoms with Crippen molar-refractivity contribution in [2.75, 3.05) is 0 Å². The standard InChI is InChI=1S/C11H14BrN/c1-3-4-11(13)9-6-5-8(2)7-10(9)12/h3,5-7,11H,1,4,13H2,2H3. The van der Waals surface area contributed by atoms with E-state index < -0.39 is 0 Å². The predicted octanol–water partition coefficient (Wildman–Crippen LogP) is 3.33. The van der Waals surface area contributed by atoms with Gasteiger partial charge in [0.25, 0.3) is 0 Å². The molecule has 1 unspecified atom stereocenters. The minimum Gasteiger partial charge on any atom is -0.324 e. The highest BCUT2D eigenvalue weighted by Crippen LogP contribution is 2.25. The van der Waals surface area contributed by atoms with Crippen molar-refractivity contribution < 1.29 is 0 Å². The molecule has 0 aliphatic carbocycles. The molecule has 13 heavy (non-hydrogen) atoms. The molecule has 0 bridgehead atoms. The second-order valence-electron chi connectivity index (χ2n) is 3.16. The van der Waals surface area contributed by atoms with Gasteiger partial charge in [-0.1, -0.05) is 34.1 Å². The second-order valence-corrected chi connectivity index (χ2v) is 4.01. The molecule has 0 heterocycles. The van der Waals surface area contributed by atoms with Gasteiger partial charge in [-0.15, -0.1) is 6.58 Å². The molecular weight excluding hydrogens is 226 g/mol. The summed E-state index contributed by atoms with van der Waals surface area (Å²) >= 11 is 3.50. The number of aryl methyl sites for hydroxylation is 1. The maximum absolute atomic E-state index is 5.96. The zero-order valence-corrected chi connectivity index (χ0v) is 9.34. The van der Waals surface area contributed by atoms with Crippen molar-refractivity contribution in [1.82, 2.24) is 0 Å². The van der Waals surface area contributed by atoms with E-state index in [0.29, 0.717) is 0 Å². The molecule has 0 aliphatic rings. The number of nitrogens with two attached hydrogens (primary N) is 1. The monoisotopic (exact) mass is 239 g/mol. The fourth-order valence-electron chi connectivity index (χ4n) is 1.24. The molecule has 0 amide bonds. The largest absolute Gasteiger partial charge is 0.324 e. The highest BCUT2D eigenvalue weighted by molar-refractivity contribution is 9.10. The quantitative estimate of drug-likeness (QED) is 0.805. The molecule has 0 aromatic heterocycles. The maximum Gasteiger partial charge on any atom is 0.0340 e. The van der Waals surface area contributed by atoms with E-state index >= 15 is 0 Å². The van der Waals surface area contributed by atoms with E-state index in [9.17, 15) is 0 Å². The smallest absolute Gasteiger partial charge is 0.0340 e. The van der Waals surface area contributed by atoms with Crippen molar-refractivity contribution in [3.63, 3.8) is 0 Å². The third-order valence-corrected chi connectivity index (χ3v) is 2.66. The minimum atomic E-state index is 0.0486. The molecule has 0 saturated heterocycles. The number of hydrogen-bond acceptors (Lipinski definition) is 1. The van der Waals surface area contributed by atoms with Crippen LogP contribution in [0.5, 0.6) is 0 Å². The summed E-state index contributed by atoms with van der Waals surface area (Å²) in [4.78, 5) is 0. The van der Waals surface area contributed by atoms with Crippen LogP contribution >= 0.6 is 15.9 Å². The van der Waals surface area contributed by atoms with Crippen molar-refractivity contribution in [2.24, 2.45) is 5.73 Å². The lowest BCUT2D eigenvalue weighted by atomic mass is 10.0. The van der Waals surface area contributed by atoms with Crippen LogP contribution in [0.3, 0.4) is 0 Å². The van der Waals surface area contributed by atoms with Crippen molar-refractivity contribution in [3.05, 3.63) is 46.5 Å².